The van der Waals surface area contributed by atoms with Crippen molar-refractivity contribution in [3.05, 3.63) is 70.0 Å². The summed E-state index contributed by atoms with van der Waals surface area (Å²) in [7, 11) is 0. The molecule has 0 aromatic heterocycles. The Bertz CT molecular complexity index is 608. The number of hydrogen-bond donors (Lipinski definition) is 1. The Labute approximate surface area is 118 Å². The molecule has 0 spiro atoms. The Hall–Kier alpha value is -1.59. The Morgan fingerprint density at radius 2 is 1.50 bits per heavy atom. The quantitative estimate of drug-likeness (QED) is 0.810. The van der Waals surface area contributed by atoms with Crippen LogP contribution >= 0.6 is 11.6 Å². The van der Waals surface area contributed by atoms with Gasteiger partial charge >= 0.3 is 6.18 Å². The maximum absolute atomic E-state index is 13.1. The van der Waals surface area contributed by atoms with Crippen molar-refractivity contribution < 1.29 is 17.6 Å². The fourth-order valence-electron chi connectivity index (χ4n) is 1.78. The van der Waals surface area contributed by atoms with Gasteiger partial charge in [0.1, 0.15) is 5.82 Å². The summed E-state index contributed by atoms with van der Waals surface area (Å²) in [5.41, 5.74) is 6.20. The summed E-state index contributed by atoms with van der Waals surface area (Å²) in [5, 5.41) is -0.0788. The lowest BCUT2D eigenvalue weighted by Gasteiger charge is -2.14. The Morgan fingerprint density at radius 1 is 0.950 bits per heavy atom. The molecule has 0 bridgehead atoms. The zero-order valence-electron chi connectivity index (χ0n) is 10.1. The number of hydrogen-bond acceptors (Lipinski definition) is 1. The second-order valence-corrected chi connectivity index (χ2v) is 4.68. The van der Waals surface area contributed by atoms with Gasteiger partial charge < -0.3 is 5.73 Å². The van der Waals surface area contributed by atoms with Gasteiger partial charge in [0.15, 0.2) is 0 Å². The van der Waals surface area contributed by atoms with E-state index in [0.29, 0.717) is 11.1 Å². The highest BCUT2D eigenvalue weighted by Gasteiger charge is 2.30. The lowest BCUT2D eigenvalue weighted by Crippen LogP contribution is -2.13. The summed E-state index contributed by atoms with van der Waals surface area (Å²) in [4.78, 5) is 0. The summed E-state index contributed by atoms with van der Waals surface area (Å²) < 4.78 is 50.4. The monoisotopic (exact) mass is 303 g/mol. The number of rotatable bonds is 2. The molecule has 6 heteroatoms. The van der Waals surface area contributed by atoms with Crippen LogP contribution in [0.3, 0.4) is 0 Å². The molecule has 1 atom stereocenters. The van der Waals surface area contributed by atoms with Gasteiger partial charge in [-0.2, -0.15) is 13.2 Å². The molecule has 0 aliphatic carbocycles. The Morgan fingerprint density at radius 3 is 2.00 bits per heavy atom. The van der Waals surface area contributed by atoms with E-state index in [9.17, 15) is 17.6 Å². The minimum Gasteiger partial charge on any atom is -0.320 e. The molecule has 0 aliphatic heterocycles. The average molecular weight is 304 g/mol. The fraction of sp³-hybridized carbons (Fsp3) is 0.143. The van der Waals surface area contributed by atoms with E-state index in [0.717, 1.165) is 12.1 Å². The van der Waals surface area contributed by atoms with Gasteiger partial charge in [0, 0.05) is 0 Å². The minimum atomic E-state index is -4.39. The molecule has 2 rings (SSSR count). The average Bonchev–Trinajstić information content (AvgIpc) is 2.40. The molecule has 20 heavy (non-hydrogen) atoms. The zero-order chi connectivity index (χ0) is 14.9. The van der Waals surface area contributed by atoms with Crippen molar-refractivity contribution in [2.45, 2.75) is 12.2 Å². The van der Waals surface area contributed by atoms with Crippen LogP contribution in [0.2, 0.25) is 5.02 Å². The molecule has 1 nitrogen and oxygen atoms in total. The van der Waals surface area contributed by atoms with Gasteiger partial charge in [0.25, 0.3) is 0 Å². The first kappa shape index (κ1) is 14.8. The van der Waals surface area contributed by atoms with E-state index in [1.165, 1.54) is 30.3 Å². The number of nitrogens with two attached hydrogens (primary N) is 1. The van der Waals surface area contributed by atoms with Crippen molar-refractivity contribution in [3.8, 4) is 0 Å². The van der Waals surface area contributed by atoms with Crippen molar-refractivity contribution in [1.82, 2.24) is 0 Å². The van der Waals surface area contributed by atoms with Crippen molar-refractivity contribution in [2.75, 3.05) is 0 Å². The highest BCUT2D eigenvalue weighted by Crippen LogP contribution is 2.31. The smallest absolute Gasteiger partial charge is 0.320 e. The molecule has 2 N–H and O–H groups in total. The molecular weight excluding hydrogens is 294 g/mol. The molecular formula is C14H10ClF4N. The molecule has 0 saturated heterocycles. The maximum atomic E-state index is 13.1. The second-order valence-electron chi connectivity index (χ2n) is 4.27. The Kier molecular flexibility index (Phi) is 4.01. The normalized spacial score (nSPS) is 13.3. The van der Waals surface area contributed by atoms with Gasteiger partial charge in [-0.1, -0.05) is 29.8 Å². The summed E-state index contributed by atoms with van der Waals surface area (Å²) in [6, 6.07) is 7.82. The zero-order valence-corrected chi connectivity index (χ0v) is 10.8. The second kappa shape index (κ2) is 5.42. The van der Waals surface area contributed by atoms with Crippen molar-refractivity contribution >= 4 is 11.6 Å². The topological polar surface area (TPSA) is 26.0 Å². The van der Waals surface area contributed by atoms with Gasteiger partial charge in [-0.25, -0.2) is 4.39 Å². The van der Waals surface area contributed by atoms with Gasteiger partial charge in [0.2, 0.25) is 0 Å². The first-order valence-electron chi connectivity index (χ1n) is 5.66. The van der Waals surface area contributed by atoms with Crippen LogP contribution in [0.25, 0.3) is 0 Å². The third-order valence-electron chi connectivity index (χ3n) is 2.90. The van der Waals surface area contributed by atoms with Crippen molar-refractivity contribution in [2.24, 2.45) is 5.73 Å². The van der Waals surface area contributed by atoms with E-state index in [1.54, 1.807) is 0 Å². The summed E-state index contributed by atoms with van der Waals surface area (Å²) in [6.07, 6.45) is -4.39. The molecule has 2 aromatic rings. The maximum Gasteiger partial charge on any atom is 0.416 e. The van der Waals surface area contributed by atoms with E-state index < -0.39 is 23.6 Å². The molecule has 0 radical (unpaired) electrons. The minimum absolute atomic E-state index is 0.0788. The van der Waals surface area contributed by atoms with Crippen LogP contribution < -0.4 is 5.73 Å². The lowest BCUT2D eigenvalue weighted by molar-refractivity contribution is -0.137. The molecule has 2 aromatic carbocycles. The number of halogens is 5. The first-order chi connectivity index (χ1) is 9.29. The van der Waals surface area contributed by atoms with Gasteiger partial charge in [-0.15, -0.1) is 0 Å². The lowest BCUT2D eigenvalue weighted by atomic mass is 9.98. The van der Waals surface area contributed by atoms with Crippen LogP contribution in [-0.2, 0) is 6.18 Å². The van der Waals surface area contributed by atoms with Gasteiger partial charge in [0.05, 0.1) is 16.6 Å². The molecule has 1 unspecified atom stereocenters. The largest absolute Gasteiger partial charge is 0.416 e. The van der Waals surface area contributed by atoms with Crippen LogP contribution in [0.4, 0.5) is 17.6 Å². The SMILES string of the molecule is NC(c1ccc(C(F)(F)F)cc1)c1ccc(F)c(Cl)c1. The fourth-order valence-corrected chi connectivity index (χ4v) is 1.97. The molecule has 106 valence electrons. The molecule has 0 saturated carbocycles. The molecule has 0 heterocycles. The third kappa shape index (κ3) is 3.11. The standard InChI is InChI=1S/C14H10ClF4N/c15-11-7-9(3-6-12(11)16)13(20)8-1-4-10(5-2-8)14(17,18)19/h1-7,13H,20H2. The number of alkyl halides is 3. The van der Waals surface area contributed by atoms with Crippen LogP contribution in [0, 0.1) is 5.82 Å². The van der Waals surface area contributed by atoms with Gasteiger partial charge in [-0.3, -0.25) is 0 Å². The van der Waals surface area contributed by atoms with E-state index in [1.807, 2.05) is 0 Å². The van der Waals surface area contributed by atoms with Crippen LogP contribution in [0.1, 0.15) is 22.7 Å². The van der Waals surface area contributed by atoms with Crippen molar-refractivity contribution in [3.63, 3.8) is 0 Å². The molecule has 0 amide bonds. The Balaban J connectivity index is 2.29. The highest BCUT2D eigenvalue weighted by atomic mass is 35.5. The van der Waals surface area contributed by atoms with Crippen LogP contribution in [-0.4, -0.2) is 0 Å². The highest BCUT2D eigenvalue weighted by molar-refractivity contribution is 6.30. The third-order valence-corrected chi connectivity index (χ3v) is 3.19. The van der Waals surface area contributed by atoms with E-state index in [-0.39, 0.29) is 5.02 Å². The van der Waals surface area contributed by atoms with Crippen LogP contribution in [0.15, 0.2) is 42.5 Å². The molecule has 0 fully saturated rings. The number of benzene rings is 2. The predicted octanol–water partition coefficient (Wildman–Crippen LogP) is 4.55. The van der Waals surface area contributed by atoms with Crippen LogP contribution in [0.5, 0.6) is 0 Å². The summed E-state index contributed by atoms with van der Waals surface area (Å²) in [6.45, 7) is 0. The molecule has 0 aliphatic rings. The summed E-state index contributed by atoms with van der Waals surface area (Å²) in [5.74, 6) is -0.574. The summed E-state index contributed by atoms with van der Waals surface area (Å²) >= 11 is 5.65. The van der Waals surface area contributed by atoms with E-state index >= 15 is 0 Å². The van der Waals surface area contributed by atoms with E-state index in [4.69, 9.17) is 17.3 Å². The predicted molar refractivity (Wildman–Crippen MR) is 68.9 cm³/mol. The van der Waals surface area contributed by atoms with E-state index in [2.05, 4.69) is 0 Å². The van der Waals surface area contributed by atoms with Crippen molar-refractivity contribution in [1.29, 1.82) is 0 Å². The van der Waals surface area contributed by atoms with Gasteiger partial charge in [-0.05, 0) is 35.4 Å². The first-order valence-corrected chi connectivity index (χ1v) is 6.04.